The summed E-state index contributed by atoms with van der Waals surface area (Å²) in [7, 11) is 1.26. The van der Waals surface area contributed by atoms with Crippen molar-refractivity contribution in [3.8, 4) is 11.6 Å². The Hall–Kier alpha value is -2.71. The van der Waals surface area contributed by atoms with Crippen LogP contribution in [0, 0.1) is 24.7 Å². The molecule has 1 aromatic carbocycles. The summed E-state index contributed by atoms with van der Waals surface area (Å²) in [5.74, 6) is 0.118. The molecule has 2 saturated carbocycles. The van der Waals surface area contributed by atoms with Gasteiger partial charge in [-0.1, -0.05) is 19.1 Å². The highest BCUT2D eigenvalue weighted by Crippen LogP contribution is 2.47. The molecule has 0 radical (unpaired) electrons. The molecule has 2 fully saturated rings. The fraction of sp³-hybridized carbons (Fsp3) is 0.583. The Labute approximate surface area is 190 Å². The summed E-state index contributed by atoms with van der Waals surface area (Å²) in [4.78, 5) is 11.5. The van der Waals surface area contributed by atoms with Gasteiger partial charge in [-0.05, 0) is 68.1 Å². The first-order valence-electron chi connectivity index (χ1n) is 11.3. The molecular formula is C24H29F3N2O4. The number of nitrogens with zero attached hydrogens (tertiary/aromatic N) is 2. The van der Waals surface area contributed by atoms with Crippen LogP contribution in [0.15, 0.2) is 24.3 Å². The number of carboxylic acid groups (broad SMARTS) is 1. The summed E-state index contributed by atoms with van der Waals surface area (Å²) in [5, 5.41) is 13.4. The Kier molecular flexibility index (Phi) is 6.33. The molecule has 0 saturated heterocycles. The number of aryl methyl sites for hydroxylation is 1. The number of rotatable bonds is 9. The van der Waals surface area contributed by atoms with Crippen LogP contribution in [-0.4, -0.2) is 33.6 Å². The number of carboxylic acids is 1. The zero-order valence-corrected chi connectivity index (χ0v) is 18.9. The summed E-state index contributed by atoms with van der Waals surface area (Å²) in [6, 6.07) is 7.66. The Morgan fingerprint density at radius 1 is 1.30 bits per heavy atom. The van der Waals surface area contributed by atoms with Crippen molar-refractivity contribution >= 4 is 5.97 Å². The molecule has 2 atom stereocenters. The van der Waals surface area contributed by atoms with Crippen LogP contribution >= 0.6 is 0 Å². The molecule has 0 amide bonds. The Morgan fingerprint density at radius 2 is 2.00 bits per heavy atom. The average Bonchev–Trinajstić information content (AvgIpc) is 3.48. The van der Waals surface area contributed by atoms with Gasteiger partial charge in [0.15, 0.2) is 0 Å². The fourth-order valence-electron chi connectivity index (χ4n) is 4.78. The first kappa shape index (κ1) is 23.4. The topological polar surface area (TPSA) is 73.6 Å². The van der Waals surface area contributed by atoms with E-state index in [9.17, 15) is 23.1 Å². The number of halogens is 3. The molecule has 1 N–H and O–H groups in total. The first-order chi connectivity index (χ1) is 15.5. The molecule has 6 nitrogen and oxygen atoms in total. The van der Waals surface area contributed by atoms with Crippen molar-refractivity contribution in [2.45, 2.75) is 57.7 Å². The third-order valence-corrected chi connectivity index (χ3v) is 6.77. The normalized spacial score (nSPS) is 22.4. The van der Waals surface area contributed by atoms with E-state index < -0.39 is 23.8 Å². The second-order valence-electron chi connectivity index (χ2n) is 9.35. The molecular weight excluding hydrogens is 437 g/mol. The van der Waals surface area contributed by atoms with Crippen molar-refractivity contribution in [1.29, 1.82) is 0 Å². The number of carbonyl (C=O) groups is 1. The lowest BCUT2D eigenvalue weighted by atomic mass is 9.82. The van der Waals surface area contributed by atoms with E-state index in [4.69, 9.17) is 9.47 Å². The van der Waals surface area contributed by atoms with E-state index in [2.05, 4.69) is 5.10 Å². The SMILES string of the molecule is Cc1c(OC2CC(COc3cccc(C(C4CC4)[C@H](C)C(=O)O)c3)C2)nn(C)c1C(F)(F)F. The van der Waals surface area contributed by atoms with Gasteiger partial charge in [-0.25, -0.2) is 0 Å². The van der Waals surface area contributed by atoms with Gasteiger partial charge in [-0.3, -0.25) is 9.48 Å². The van der Waals surface area contributed by atoms with E-state index in [-0.39, 0.29) is 29.4 Å². The standard InChI is InChI=1S/C24H29F3N2O4/c1-13(23(30)31)20(16-7-8-16)17-5-4-6-18(11-17)32-12-15-9-19(10-15)33-22-14(2)21(24(25,26)27)29(3)28-22/h4-6,11,13,15-16,19-20H,7-10,12H2,1-3H3,(H,30,31)/t13-,15?,19?,20?/m0/s1. The molecule has 0 aliphatic heterocycles. The molecule has 2 aromatic rings. The minimum Gasteiger partial charge on any atom is -0.493 e. The molecule has 1 aromatic heterocycles. The number of alkyl halides is 3. The van der Waals surface area contributed by atoms with E-state index in [1.165, 1.54) is 14.0 Å². The van der Waals surface area contributed by atoms with Gasteiger partial charge in [-0.2, -0.15) is 13.2 Å². The summed E-state index contributed by atoms with van der Waals surface area (Å²) in [6.45, 7) is 3.60. The average molecular weight is 467 g/mol. The molecule has 9 heteroatoms. The summed E-state index contributed by atoms with van der Waals surface area (Å²) >= 11 is 0. The van der Waals surface area contributed by atoms with E-state index in [1.54, 1.807) is 6.92 Å². The minimum absolute atomic E-state index is 0.00215. The molecule has 4 rings (SSSR count). The van der Waals surface area contributed by atoms with Crippen LogP contribution < -0.4 is 9.47 Å². The smallest absolute Gasteiger partial charge is 0.433 e. The lowest BCUT2D eigenvalue weighted by Crippen LogP contribution is -2.37. The number of hydrogen-bond acceptors (Lipinski definition) is 4. The van der Waals surface area contributed by atoms with Crippen molar-refractivity contribution in [1.82, 2.24) is 9.78 Å². The second kappa shape index (κ2) is 8.91. The number of hydrogen-bond donors (Lipinski definition) is 1. The molecule has 1 heterocycles. The van der Waals surface area contributed by atoms with Crippen molar-refractivity contribution in [2.75, 3.05) is 6.61 Å². The minimum atomic E-state index is -4.47. The van der Waals surface area contributed by atoms with E-state index in [0.29, 0.717) is 31.1 Å². The van der Waals surface area contributed by atoms with Crippen LogP contribution in [0.1, 0.15) is 55.3 Å². The molecule has 0 spiro atoms. The summed E-state index contributed by atoms with van der Waals surface area (Å²) in [6.07, 6.45) is -1.20. The van der Waals surface area contributed by atoms with Crippen LogP contribution in [0.5, 0.6) is 11.6 Å². The summed E-state index contributed by atoms with van der Waals surface area (Å²) in [5.41, 5.74) is 0.200. The monoisotopic (exact) mass is 466 g/mol. The maximum atomic E-state index is 13.1. The highest BCUT2D eigenvalue weighted by Gasteiger charge is 2.40. The molecule has 2 aliphatic rings. The maximum Gasteiger partial charge on any atom is 0.433 e. The number of benzene rings is 1. The molecule has 2 aliphatic carbocycles. The van der Waals surface area contributed by atoms with E-state index in [0.717, 1.165) is 23.1 Å². The van der Waals surface area contributed by atoms with Crippen LogP contribution in [-0.2, 0) is 18.0 Å². The Balaban J connectivity index is 1.30. The Morgan fingerprint density at radius 3 is 2.58 bits per heavy atom. The number of aliphatic carboxylic acids is 1. The molecule has 0 bridgehead atoms. The first-order valence-corrected chi connectivity index (χ1v) is 11.3. The van der Waals surface area contributed by atoms with Gasteiger partial charge in [0.25, 0.3) is 0 Å². The van der Waals surface area contributed by atoms with Crippen molar-refractivity contribution in [3.63, 3.8) is 0 Å². The highest BCUT2D eigenvalue weighted by molar-refractivity contribution is 5.71. The van der Waals surface area contributed by atoms with Gasteiger partial charge in [0.05, 0.1) is 12.5 Å². The third-order valence-electron chi connectivity index (χ3n) is 6.77. The van der Waals surface area contributed by atoms with Crippen molar-refractivity contribution < 1.29 is 32.5 Å². The van der Waals surface area contributed by atoms with Gasteiger partial charge >= 0.3 is 12.1 Å². The fourth-order valence-corrected chi connectivity index (χ4v) is 4.78. The molecule has 33 heavy (non-hydrogen) atoms. The van der Waals surface area contributed by atoms with Crippen LogP contribution in [0.25, 0.3) is 0 Å². The van der Waals surface area contributed by atoms with Gasteiger partial charge in [0.2, 0.25) is 5.88 Å². The van der Waals surface area contributed by atoms with Gasteiger partial charge in [-0.15, -0.1) is 5.10 Å². The Bertz CT molecular complexity index is 1010. The zero-order valence-electron chi connectivity index (χ0n) is 18.9. The van der Waals surface area contributed by atoms with Crippen molar-refractivity contribution in [2.24, 2.45) is 24.8 Å². The van der Waals surface area contributed by atoms with Gasteiger partial charge < -0.3 is 14.6 Å². The van der Waals surface area contributed by atoms with Crippen LogP contribution in [0.3, 0.4) is 0 Å². The molecule has 180 valence electrons. The zero-order chi connectivity index (χ0) is 23.9. The predicted octanol–water partition coefficient (Wildman–Crippen LogP) is 5.20. The van der Waals surface area contributed by atoms with Crippen LogP contribution in [0.4, 0.5) is 13.2 Å². The largest absolute Gasteiger partial charge is 0.493 e. The number of ether oxygens (including phenoxy) is 2. The van der Waals surface area contributed by atoms with E-state index in [1.807, 2.05) is 24.3 Å². The van der Waals surface area contributed by atoms with E-state index >= 15 is 0 Å². The second-order valence-corrected chi connectivity index (χ2v) is 9.35. The lowest BCUT2D eigenvalue weighted by molar-refractivity contribution is -0.144. The van der Waals surface area contributed by atoms with Gasteiger partial charge in [0.1, 0.15) is 17.5 Å². The van der Waals surface area contributed by atoms with Gasteiger partial charge in [0, 0.05) is 12.6 Å². The number of aromatic nitrogens is 2. The molecule has 1 unspecified atom stereocenters. The lowest BCUT2D eigenvalue weighted by Gasteiger charge is -2.34. The third kappa shape index (κ3) is 5.12. The maximum absolute atomic E-state index is 13.1. The highest BCUT2D eigenvalue weighted by atomic mass is 19.4. The predicted molar refractivity (Wildman–Crippen MR) is 114 cm³/mol. The summed E-state index contributed by atoms with van der Waals surface area (Å²) < 4.78 is 51.9. The van der Waals surface area contributed by atoms with Crippen molar-refractivity contribution in [3.05, 3.63) is 41.1 Å². The quantitative estimate of drug-likeness (QED) is 0.550. The van der Waals surface area contributed by atoms with Crippen LogP contribution in [0.2, 0.25) is 0 Å².